The van der Waals surface area contributed by atoms with E-state index in [2.05, 4.69) is 0 Å². The summed E-state index contributed by atoms with van der Waals surface area (Å²) in [6, 6.07) is 35.1. The SMILES string of the molecule is O=C([O-])C(=Cc1ccccc1)C(=Cc1ccccc1)C(=O)OCc1ccccc1.O=C([O-])c1ccccc1.[Ca+2]. The molecule has 190 valence electrons. The molecule has 0 aliphatic carbocycles. The molecule has 4 aromatic carbocycles. The molecule has 0 saturated carbocycles. The predicted molar refractivity (Wildman–Crippen MR) is 147 cm³/mol. The third-order valence-electron chi connectivity index (χ3n) is 5.17. The largest absolute Gasteiger partial charge is 2.00 e. The summed E-state index contributed by atoms with van der Waals surface area (Å²) in [6.45, 7) is 0.0392. The number of ether oxygens (including phenoxy) is 1. The maximum absolute atomic E-state index is 12.8. The zero-order chi connectivity index (χ0) is 27.2. The Morgan fingerprint density at radius 1 is 0.590 bits per heavy atom. The van der Waals surface area contributed by atoms with Crippen LogP contribution >= 0.6 is 0 Å². The third kappa shape index (κ3) is 10.7. The van der Waals surface area contributed by atoms with Gasteiger partial charge in [0.1, 0.15) is 6.61 Å². The maximum Gasteiger partial charge on any atom is 2.00 e. The Balaban J connectivity index is 0.000000453. The van der Waals surface area contributed by atoms with Crippen LogP contribution in [-0.4, -0.2) is 55.6 Å². The Labute approximate surface area is 256 Å². The molecule has 0 aliphatic heterocycles. The van der Waals surface area contributed by atoms with E-state index >= 15 is 0 Å². The average molecular weight is 545 g/mol. The molecule has 6 nitrogen and oxygen atoms in total. The number of carbonyl (C=O) groups is 3. The van der Waals surface area contributed by atoms with Gasteiger partial charge in [0.05, 0.1) is 17.5 Å². The Morgan fingerprint density at radius 2 is 1.00 bits per heavy atom. The van der Waals surface area contributed by atoms with E-state index in [1.54, 1.807) is 66.7 Å². The Hall–Kier alpha value is -3.97. The molecule has 0 amide bonds. The van der Waals surface area contributed by atoms with Crippen molar-refractivity contribution in [2.24, 2.45) is 0 Å². The minimum Gasteiger partial charge on any atom is -0.545 e. The molecule has 0 N–H and O–H groups in total. The van der Waals surface area contributed by atoms with Gasteiger partial charge in [-0.05, 0) is 34.4 Å². The zero-order valence-corrected chi connectivity index (χ0v) is 23.3. The molecule has 0 aliphatic rings. The minimum atomic E-state index is -1.45. The van der Waals surface area contributed by atoms with Crippen LogP contribution in [0.25, 0.3) is 12.2 Å². The van der Waals surface area contributed by atoms with Crippen LogP contribution in [0.2, 0.25) is 0 Å². The van der Waals surface area contributed by atoms with Crippen LogP contribution in [0.3, 0.4) is 0 Å². The van der Waals surface area contributed by atoms with Crippen molar-refractivity contribution < 1.29 is 29.3 Å². The molecule has 0 aromatic heterocycles. The van der Waals surface area contributed by atoms with E-state index in [-0.39, 0.29) is 61.1 Å². The first-order chi connectivity index (χ1) is 18.4. The number of carbonyl (C=O) groups excluding carboxylic acids is 3. The van der Waals surface area contributed by atoms with Crippen molar-refractivity contribution in [2.45, 2.75) is 6.61 Å². The molecule has 7 heteroatoms. The van der Waals surface area contributed by atoms with E-state index in [1.165, 1.54) is 24.3 Å². The first-order valence-corrected chi connectivity index (χ1v) is 11.7. The number of hydrogen-bond donors (Lipinski definition) is 0. The molecular weight excluding hydrogens is 520 g/mol. The van der Waals surface area contributed by atoms with Crippen LogP contribution < -0.4 is 10.2 Å². The summed E-state index contributed by atoms with van der Waals surface area (Å²) in [6.07, 6.45) is 2.91. The second-order valence-electron chi connectivity index (χ2n) is 7.94. The van der Waals surface area contributed by atoms with Crippen LogP contribution in [0.1, 0.15) is 27.0 Å². The molecule has 0 saturated heterocycles. The molecule has 4 aromatic rings. The van der Waals surface area contributed by atoms with Gasteiger partial charge in [-0.2, -0.15) is 0 Å². The summed E-state index contributed by atoms with van der Waals surface area (Å²) >= 11 is 0. The van der Waals surface area contributed by atoms with Gasteiger partial charge in [0, 0.05) is 5.57 Å². The van der Waals surface area contributed by atoms with Crippen molar-refractivity contribution in [3.8, 4) is 0 Å². The molecule has 0 unspecified atom stereocenters. The van der Waals surface area contributed by atoms with Crippen molar-refractivity contribution in [1.82, 2.24) is 0 Å². The summed E-state index contributed by atoms with van der Waals surface area (Å²) in [4.78, 5) is 34.8. The zero-order valence-electron chi connectivity index (χ0n) is 21.1. The van der Waals surface area contributed by atoms with Gasteiger partial charge in [0.25, 0.3) is 0 Å². The van der Waals surface area contributed by atoms with Crippen LogP contribution in [0.15, 0.2) is 132 Å². The fraction of sp³-hybridized carbons (Fsp3) is 0.0312. The molecule has 4 rings (SSSR count). The number of aliphatic carboxylic acids is 1. The number of esters is 1. The van der Waals surface area contributed by atoms with E-state index in [1.807, 2.05) is 42.5 Å². The van der Waals surface area contributed by atoms with Crippen molar-refractivity contribution in [2.75, 3.05) is 0 Å². The topological polar surface area (TPSA) is 107 Å². The minimum absolute atomic E-state index is 0. The third-order valence-corrected chi connectivity index (χ3v) is 5.17. The Morgan fingerprint density at radius 3 is 1.41 bits per heavy atom. The normalized spacial score (nSPS) is 10.8. The van der Waals surface area contributed by atoms with Gasteiger partial charge in [-0.3, -0.25) is 0 Å². The smallest absolute Gasteiger partial charge is 0.545 e. The van der Waals surface area contributed by atoms with Crippen molar-refractivity contribution >= 4 is 67.8 Å². The van der Waals surface area contributed by atoms with Crippen molar-refractivity contribution in [1.29, 1.82) is 0 Å². The fourth-order valence-electron chi connectivity index (χ4n) is 3.30. The van der Waals surface area contributed by atoms with Crippen LogP contribution in [0, 0.1) is 0 Å². The standard InChI is InChI=1S/C25H20O4.C7H6O2.Ca/c26-24(27)22(16-19-10-4-1-5-11-19)23(17-20-12-6-2-7-13-20)25(28)29-18-21-14-8-3-9-15-21;8-7(9)6-4-2-1-3-5-6;/h1-17H,18H2,(H,26,27);1-5H,(H,8,9);/q;;+2/p-2. The van der Waals surface area contributed by atoms with E-state index in [0.29, 0.717) is 11.1 Å². The molecule has 39 heavy (non-hydrogen) atoms. The summed E-state index contributed by atoms with van der Waals surface area (Å²) in [5.74, 6) is -3.31. The molecule has 0 spiro atoms. The van der Waals surface area contributed by atoms with E-state index in [9.17, 15) is 24.6 Å². The van der Waals surface area contributed by atoms with Gasteiger partial charge in [-0.25, -0.2) is 4.79 Å². The van der Waals surface area contributed by atoms with Gasteiger partial charge in [-0.1, -0.05) is 121 Å². The van der Waals surface area contributed by atoms with Gasteiger partial charge < -0.3 is 24.5 Å². The number of rotatable bonds is 8. The van der Waals surface area contributed by atoms with E-state index in [4.69, 9.17) is 4.74 Å². The quantitative estimate of drug-likeness (QED) is 0.146. The number of aromatic carboxylic acids is 1. The monoisotopic (exact) mass is 544 g/mol. The molecule has 0 atom stereocenters. The molecule has 0 fully saturated rings. The van der Waals surface area contributed by atoms with E-state index < -0.39 is 17.9 Å². The van der Waals surface area contributed by atoms with Crippen LogP contribution in [0.5, 0.6) is 0 Å². The molecule has 0 radical (unpaired) electrons. The second-order valence-corrected chi connectivity index (χ2v) is 7.94. The molecular formula is C32H24CaO6. The fourth-order valence-corrected chi connectivity index (χ4v) is 3.30. The Bertz CT molecular complexity index is 1400. The summed E-state index contributed by atoms with van der Waals surface area (Å²) in [5, 5.41) is 22.0. The molecule has 0 bridgehead atoms. The van der Waals surface area contributed by atoms with Crippen LogP contribution in [0.4, 0.5) is 0 Å². The van der Waals surface area contributed by atoms with Gasteiger partial charge in [0.15, 0.2) is 0 Å². The first kappa shape index (κ1) is 31.2. The number of hydrogen-bond acceptors (Lipinski definition) is 6. The van der Waals surface area contributed by atoms with E-state index in [0.717, 1.165) is 5.56 Å². The number of carboxylic acid groups (broad SMARTS) is 2. The maximum atomic E-state index is 12.8. The molecule has 0 heterocycles. The summed E-state index contributed by atoms with van der Waals surface area (Å²) in [5.41, 5.74) is 2.04. The van der Waals surface area contributed by atoms with Gasteiger partial charge >= 0.3 is 43.7 Å². The van der Waals surface area contributed by atoms with Crippen molar-refractivity contribution in [3.63, 3.8) is 0 Å². The number of benzene rings is 4. The van der Waals surface area contributed by atoms with Gasteiger partial charge in [0.2, 0.25) is 0 Å². The summed E-state index contributed by atoms with van der Waals surface area (Å²) in [7, 11) is 0. The Kier molecular flexibility index (Phi) is 13.4. The predicted octanol–water partition coefficient (Wildman–Crippen LogP) is 3.32. The summed E-state index contributed by atoms with van der Waals surface area (Å²) < 4.78 is 5.39. The number of carboxylic acids is 2. The van der Waals surface area contributed by atoms with Crippen molar-refractivity contribution in [3.05, 3.63) is 155 Å². The van der Waals surface area contributed by atoms with Gasteiger partial charge in [-0.15, -0.1) is 0 Å². The van der Waals surface area contributed by atoms with Crippen LogP contribution in [-0.2, 0) is 20.9 Å². The first-order valence-electron chi connectivity index (χ1n) is 11.7. The second kappa shape index (κ2) is 16.8. The average Bonchev–Trinajstić information content (AvgIpc) is 2.96.